The van der Waals surface area contributed by atoms with Crippen LogP contribution in [0.3, 0.4) is 0 Å². The lowest BCUT2D eigenvalue weighted by atomic mass is 10.1. The molecule has 3 aromatic rings. The summed E-state index contributed by atoms with van der Waals surface area (Å²) in [5.41, 5.74) is 0.820. The third kappa shape index (κ3) is 4.51. The minimum atomic E-state index is -0.262. The van der Waals surface area contributed by atoms with Crippen molar-refractivity contribution in [1.29, 1.82) is 0 Å². The quantitative estimate of drug-likeness (QED) is 0.660. The van der Waals surface area contributed by atoms with Gasteiger partial charge in [-0.1, -0.05) is 17.3 Å². The summed E-state index contributed by atoms with van der Waals surface area (Å²) >= 11 is 0. The van der Waals surface area contributed by atoms with Crippen molar-refractivity contribution in [2.45, 2.75) is 39.4 Å². The molecule has 0 aliphatic carbocycles. The van der Waals surface area contributed by atoms with Crippen molar-refractivity contribution < 1.29 is 8.91 Å². The third-order valence-electron chi connectivity index (χ3n) is 4.10. The Balaban J connectivity index is 1.67. The van der Waals surface area contributed by atoms with Crippen molar-refractivity contribution in [3.05, 3.63) is 65.6 Å². The molecule has 0 amide bonds. The van der Waals surface area contributed by atoms with E-state index in [9.17, 15) is 4.39 Å². The Bertz CT molecular complexity index is 826. The van der Waals surface area contributed by atoms with Gasteiger partial charge in [-0.25, -0.2) is 9.37 Å². The zero-order valence-corrected chi connectivity index (χ0v) is 14.7. The SMILES string of the molecule is CC(C)N(Cc1nc(Cc2cccc(F)c2)no1)Cc1nccn1C. The molecule has 0 aliphatic rings. The molecule has 1 aromatic carbocycles. The minimum Gasteiger partial charge on any atom is -0.338 e. The second-order valence-corrected chi connectivity index (χ2v) is 6.36. The Morgan fingerprint density at radius 3 is 2.80 bits per heavy atom. The summed E-state index contributed by atoms with van der Waals surface area (Å²) in [5.74, 6) is 1.83. The van der Waals surface area contributed by atoms with Crippen molar-refractivity contribution in [2.75, 3.05) is 0 Å². The first-order valence-electron chi connectivity index (χ1n) is 8.27. The summed E-state index contributed by atoms with van der Waals surface area (Å²) in [7, 11) is 1.98. The summed E-state index contributed by atoms with van der Waals surface area (Å²) in [6.45, 7) is 5.48. The molecule has 0 fully saturated rings. The van der Waals surface area contributed by atoms with Crippen LogP contribution < -0.4 is 0 Å². The predicted molar refractivity (Wildman–Crippen MR) is 91.1 cm³/mol. The fraction of sp³-hybridized carbons (Fsp3) is 0.389. The van der Waals surface area contributed by atoms with Crippen molar-refractivity contribution in [2.24, 2.45) is 7.05 Å². The van der Waals surface area contributed by atoms with Gasteiger partial charge in [0.15, 0.2) is 5.82 Å². The van der Waals surface area contributed by atoms with Crippen molar-refractivity contribution in [3.63, 3.8) is 0 Å². The van der Waals surface area contributed by atoms with E-state index >= 15 is 0 Å². The van der Waals surface area contributed by atoms with Crippen LogP contribution in [0.1, 0.15) is 37.0 Å². The minimum absolute atomic E-state index is 0.262. The molecule has 0 atom stereocenters. The number of nitrogens with zero attached hydrogens (tertiary/aromatic N) is 5. The van der Waals surface area contributed by atoms with E-state index in [0.29, 0.717) is 37.3 Å². The van der Waals surface area contributed by atoms with Gasteiger partial charge in [0.05, 0.1) is 13.1 Å². The van der Waals surface area contributed by atoms with Gasteiger partial charge in [-0.05, 0) is 31.5 Å². The molecule has 6 nitrogen and oxygen atoms in total. The maximum atomic E-state index is 13.3. The average Bonchev–Trinajstić information content (AvgIpc) is 3.16. The largest absolute Gasteiger partial charge is 0.338 e. The van der Waals surface area contributed by atoms with E-state index in [-0.39, 0.29) is 5.82 Å². The van der Waals surface area contributed by atoms with E-state index in [1.807, 2.05) is 23.9 Å². The van der Waals surface area contributed by atoms with Crippen LogP contribution in [0.25, 0.3) is 0 Å². The van der Waals surface area contributed by atoms with Gasteiger partial charge in [0.2, 0.25) is 5.89 Å². The van der Waals surface area contributed by atoms with Gasteiger partial charge in [0, 0.05) is 31.9 Å². The Kier molecular flexibility index (Phi) is 5.23. The highest BCUT2D eigenvalue weighted by Gasteiger charge is 2.17. The molecular weight excluding hydrogens is 321 g/mol. The fourth-order valence-electron chi connectivity index (χ4n) is 2.58. The Labute approximate surface area is 146 Å². The van der Waals surface area contributed by atoms with Crippen LogP contribution in [-0.2, 0) is 26.6 Å². The molecule has 0 bridgehead atoms. The summed E-state index contributed by atoms with van der Waals surface area (Å²) < 4.78 is 20.6. The molecule has 7 heteroatoms. The average molecular weight is 343 g/mol. The van der Waals surface area contributed by atoms with Crippen LogP contribution in [0.2, 0.25) is 0 Å². The maximum Gasteiger partial charge on any atom is 0.240 e. The van der Waals surface area contributed by atoms with Gasteiger partial charge in [-0.3, -0.25) is 4.90 Å². The third-order valence-corrected chi connectivity index (χ3v) is 4.10. The molecule has 2 heterocycles. The molecule has 3 rings (SSSR count). The maximum absolute atomic E-state index is 13.3. The highest BCUT2D eigenvalue weighted by Crippen LogP contribution is 2.13. The smallest absolute Gasteiger partial charge is 0.240 e. The zero-order valence-electron chi connectivity index (χ0n) is 14.7. The summed E-state index contributed by atoms with van der Waals surface area (Å²) in [6, 6.07) is 6.73. The van der Waals surface area contributed by atoms with E-state index in [1.165, 1.54) is 12.1 Å². The molecule has 132 valence electrons. The van der Waals surface area contributed by atoms with Gasteiger partial charge in [-0.15, -0.1) is 0 Å². The van der Waals surface area contributed by atoms with Gasteiger partial charge in [0.1, 0.15) is 11.6 Å². The van der Waals surface area contributed by atoms with Crippen LogP contribution >= 0.6 is 0 Å². The lowest BCUT2D eigenvalue weighted by Gasteiger charge is -2.24. The summed E-state index contributed by atoms with van der Waals surface area (Å²) in [6.07, 6.45) is 4.16. The summed E-state index contributed by atoms with van der Waals surface area (Å²) in [4.78, 5) is 11.0. The molecule has 0 saturated heterocycles. The molecule has 0 N–H and O–H groups in total. The van der Waals surface area contributed by atoms with Crippen LogP contribution in [0.5, 0.6) is 0 Å². The van der Waals surface area contributed by atoms with Crippen LogP contribution in [0, 0.1) is 5.82 Å². The summed E-state index contributed by atoms with van der Waals surface area (Å²) in [5, 5.41) is 4.01. The molecule has 0 aliphatic heterocycles. The first kappa shape index (κ1) is 17.3. The fourth-order valence-corrected chi connectivity index (χ4v) is 2.58. The molecule has 0 spiro atoms. The van der Waals surface area contributed by atoms with E-state index in [1.54, 1.807) is 12.3 Å². The predicted octanol–water partition coefficient (Wildman–Crippen LogP) is 2.94. The molecule has 2 aromatic heterocycles. The zero-order chi connectivity index (χ0) is 17.8. The lowest BCUT2D eigenvalue weighted by Crippen LogP contribution is -2.31. The Morgan fingerprint density at radius 1 is 1.28 bits per heavy atom. The second kappa shape index (κ2) is 7.57. The Hall–Kier alpha value is -2.54. The molecule has 0 radical (unpaired) electrons. The highest BCUT2D eigenvalue weighted by atomic mass is 19.1. The number of aromatic nitrogens is 4. The Morgan fingerprint density at radius 2 is 2.12 bits per heavy atom. The first-order valence-corrected chi connectivity index (χ1v) is 8.27. The first-order chi connectivity index (χ1) is 12.0. The lowest BCUT2D eigenvalue weighted by molar-refractivity contribution is 0.171. The highest BCUT2D eigenvalue weighted by molar-refractivity contribution is 5.19. The molecule has 25 heavy (non-hydrogen) atoms. The molecule has 0 unspecified atom stereocenters. The van der Waals surface area contributed by atoms with E-state index in [0.717, 1.165) is 11.4 Å². The van der Waals surface area contributed by atoms with Gasteiger partial charge >= 0.3 is 0 Å². The van der Waals surface area contributed by atoms with E-state index < -0.39 is 0 Å². The van der Waals surface area contributed by atoms with E-state index in [2.05, 4.69) is 33.9 Å². The number of hydrogen-bond acceptors (Lipinski definition) is 5. The van der Waals surface area contributed by atoms with Crippen molar-refractivity contribution in [3.8, 4) is 0 Å². The van der Waals surface area contributed by atoms with E-state index in [4.69, 9.17) is 4.52 Å². The van der Waals surface area contributed by atoms with Crippen LogP contribution in [0.4, 0.5) is 4.39 Å². The number of rotatable bonds is 7. The van der Waals surface area contributed by atoms with Gasteiger partial charge in [0.25, 0.3) is 0 Å². The number of hydrogen-bond donors (Lipinski definition) is 0. The topological polar surface area (TPSA) is 60.0 Å². The van der Waals surface area contributed by atoms with Crippen LogP contribution in [0.15, 0.2) is 41.2 Å². The normalized spacial score (nSPS) is 11.6. The van der Waals surface area contributed by atoms with Gasteiger partial charge < -0.3 is 9.09 Å². The van der Waals surface area contributed by atoms with Crippen molar-refractivity contribution in [1.82, 2.24) is 24.6 Å². The standard InChI is InChI=1S/C18H22FN5O/c1-13(2)24(11-17-20-7-8-23(17)3)12-18-21-16(22-25-18)10-14-5-4-6-15(19)9-14/h4-9,13H,10-12H2,1-3H3. The monoisotopic (exact) mass is 343 g/mol. The molecule has 0 saturated carbocycles. The van der Waals surface area contributed by atoms with Crippen LogP contribution in [-0.4, -0.2) is 30.6 Å². The number of benzene rings is 1. The molecular formula is C18H22FN5O. The van der Waals surface area contributed by atoms with Crippen molar-refractivity contribution >= 4 is 0 Å². The second-order valence-electron chi connectivity index (χ2n) is 6.36. The number of aryl methyl sites for hydroxylation is 1. The number of halogens is 1. The van der Waals surface area contributed by atoms with Gasteiger partial charge in [-0.2, -0.15) is 4.98 Å². The number of imidazole rings is 1.